The van der Waals surface area contributed by atoms with Crippen molar-refractivity contribution in [2.75, 3.05) is 6.54 Å². The predicted octanol–water partition coefficient (Wildman–Crippen LogP) is 2.55. The Kier molecular flexibility index (Phi) is 4.24. The van der Waals surface area contributed by atoms with Gasteiger partial charge in [-0.3, -0.25) is 4.90 Å². The Hall–Kier alpha value is -0.550. The molecule has 1 aliphatic rings. The zero-order valence-corrected chi connectivity index (χ0v) is 8.79. The molecular weight excluding hydrogens is 160 g/mol. The Morgan fingerprint density at radius 1 is 1.46 bits per heavy atom. The average Bonchev–Trinajstić information content (AvgIpc) is 2.65. The van der Waals surface area contributed by atoms with Gasteiger partial charge >= 0.3 is 0 Å². The molecular formula is C11H20N2. The van der Waals surface area contributed by atoms with Gasteiger partial charge in [-0.15, -0.1) is 0 Å². The van der Waals surface area contributed by atoms with Crippen molar-refractivity contribution in [2.45, 2.75) is 58.0 Å². The van der Waals surface area contributed by atoms with Crippen LogP contribution in [0.1, 0.15) is 46.0 Å². The molecule has 0 aromatic heterocycles. The second-order valence-electron chi connectivity index (χ2n) is 4.03. The van der Waals surface area contributed by atoms with Crippen molar-refractivity contribution in [3.05, 3.63) is 0 Å². The van der Waals surface area contributed by atoms with E-state index in [1.807, 2.05) is 0 Å². The van der Waals surface area contributed by atoms with Gasteiger partial charge in [0.05, 0.1) is 12.6 Å². The highest BCUT2D eigenvalue weighted by Crippen LogP contribution is 2.25. The third-order valence-electron chi connectivity index (χ3n) is 3.20. The number of nitriles is 1. The standard InChI is InChI=1S/C11H20N2/c1-3-10(2)13(9-8-12)11-6-4-5-7-11/h10-11H,3-7,9H2,1-2H3. The highest BCUT2D eigenvalue weighted by atomic mass is 15.2. The number of hydrogen-bond acceptors (Lipinski definition) is 2. The van der Waals surface area contributed by atoms with E-state index in [1.165, 1.54) is 25.7 Å². The van der Waals surface area contributed by atoms with Crippen LogP contribution in [0.5, 0.6) is 0 Å². The number of rotatable bonds is 4. The summed E-state index contributed by atoms with van der Waals surface area (Å²) in [5, 5.41) is 8.75. The molecule has 0 aromatic rings. The molecule has 1 fully saturated rings. The lowest BCUT2D eigenvalue weighted by molar-refractivity contribution is 0.162. The SMILES string of the molecule is CCC(C)N(CC#N)C1CCCC1. The maximum atomic E-state index is 8.75. The summed E-state index contributed by atoms with van der Waals surface area (Å²) in [6.07, 6.45) is 6.45. The molecule has 1 unspecified atom stereocenters. The third kappa shape index (κ3) is 2.70. The maximum absolute atomic E-state index is 8.75. The van der Waals surface area contributed by atoms with Crippen molar-refractivity contribution in [1.29, 1.82) is 5.26 Å². The van der Waals surface area contributed by atoms with E-state index in [0.717, 1.165) is 6.42 Å². The van der Waals surface area contributed by atoms with Crippen molar-refractivity contribution in [3.63, 3.8) is 0 Å². The first kappa shape index (κ1) is 10.5. The van der Waals surface area contributed by atoms with E-state index >= 15 is 0 Å². The first-order chi connectivity index (χ1) is 6.29. The van der Waals surface area contributed by atoms with Crippen LogP contribution in [0, 0.1) is 11.3 Å². The summed E-state index contributed by atoms with van der Waals surface area (Å²) in [6.45, 7) is 5.04. The van der Waals surface area contributed by atoms with Gasteiger partial charge in [-0.2, -0.15) is 5.26 Å². The molecule has 0 bridgehead atoms. The van der Waals surface area contributed by atoms with Crippen LogP contribution in [0.4, 0.5) is 0 Å². The molecule has 0 N–H and O–H groups in total. The van der Waals surface area contributed by atoms with Crippen LogP contribution in [0.3, 0.4) is 0 Å². The molecule has 1 rings (SSSR count). The van der Waals surface area contributed by atoms with E-state index < -0.39 is 0 Å². The van der Waals surface area contributed by atoms with Gasteiger partial charge in [0.1, 0.15) is 0 Å². The number of nitrogens with zero attached hydrogens (tertiary/aromatic N) is 2. The summed E-state index contributed by atoms with van der Waals surface area (Å²) >= 11 is 0. The van der Waals surface area contributed by atoms with E-state index in [9.17, 15) is 0 Å². The molecule has 0 radical (unpaired) electrons. The highest BCUT2D eigenvalue weighted by Gasteiger charge is 2.24. The fraction of sp³-hybridized carbons (Fsp3) is 0.909. The first-order valence-corrected chi connectivity index (χ1v) is 5.42. The zero-order valence-electron chi connectivity index (χ0n) is 8.79. The third-order valence-corrected chi connectivity index (χ3v) is 3.20. The predicted molar refractivity (Wildman–Crippen MR) is 54.3 cm³/mol. The summed E-state index contributed by atoms with van der Waals surface area (Å²) in [6, 6.07) is 3.55. The van der Waals surface area contributed by atoms with Crippen LogP contribution < -0.4 is 0 Å². The van der Waals surface area contributed by atoms with Gasteiger partial charge < -0.3 is 0 Å². The van der Waals surface area contributed by atoms with Crippen LogP contribution in [-0.4, -0.2) is 23.5 Å². The van der Waals surface area contributed by atoms with Gasteiger partial charge in [-0.05, 0) is 26.2 Å². The lowest BCUT2D eigenvalue weighted by atomic mass is 10.1. The zero-order chi connectivity index (χ0) is 9.68. The Balaban J connectivity index is 2.50. The Morgan fingerprint density at radius 2 is 2.08 bits per heavy atom. The van der Waals surface area contributed by atoms with E-state index in [0.29, 0.717) is 18.6 Å². The van der Waals surface area contributed by atoms with Crippen LogP contribution in [0.25, 0.3) is 0 Å². The van der Waals surface area contributed by atoms with Gasteiger partial charge in [-0.25, -0.2) is 0 Å². The maximum Gasteiger partial charge on any atom is 0.0870 e. The second-order valence-corrected chi connectivity index (χ2v) is 4.03. The number of hydrogen-bond donors (Lipinski definition) is 0. The minimum atomic E-state index is 0.572. The summed E-state index contributed by atoms with van der Waals surface area (Å²) in [5.41, 5.74) is 0. The van der Waals surface area contributed by atoms with Crippen LogP contribution in [0.2, 0.25) is 0 Å². The molecule has 74 valence electrons. The quantitative estimate of drug-likeness (QED) is 0.622. The summed E-state index contributed by atoms with van der Waals surface area (Å²) in [7, 11) is 0. The normalized spacial score (nSPS) is 20.5. The molecule has 2 heteroatoms. The van der Waals surface area contributed by atoms with Crippen molar-refractivity contribution in [1.82, 2.24) is 4.90 Å². The van der Waals surface area contributed by atoms with Crippen LogP contribution in [-0.2, 0) is 0 Å². The Bertz CT molecular complexity index is 177. The lowest BCUT2D eigenvalue weighted by Gasteiger charge is -2.31. The average molecular weight is 180 g/mol. The highest BCUT2D eigenvalue weighted by molar-refractivity contribution is 4.87. The summed E-state index contributed by atoms with van der Waals surface area (Å²) in [5.74, 6) is 0. The molecule has 0 amide bonds. The Labute approximate surface area is 81.5 Å². The Morgan fingerprint density at radius 3 is 2.54 bits per heavy atom. The van der Waals surface area contributed by atoms with E-state index in [2.05, 4.69) is 24.8 Å². The molecule has 1 saturated carbocycles. The topological polar surface area (TPSA) is 27.0 Å². The van der Waals surface area contributed by atoms with Crippen LogP contribution >= 0.6 is 0 Å². The molecule has 2 nitrogen and oxygen atoms in total. The molecule has 0 heterocycles. The van der Waals surface area contributed by atoms with Gasteiger partial charge in [0.25, 0.3) is 0 Å². The molecule has 0 spiro atoms. The van der Waals surface area contributed by atoms with Gasteiger partial charge in [0.2, 0.25) is 0 Å². The first-order valence-electron chi connectivity index (χ1n) is 5.42. The van der Waals surface area contributed by atoms with E-state index in [-0.39, 0.29) is 0 Å². The smallest absolute Gasteiger partial charge is 0.0870 e. The fourth-order valence-corrected chi connectivity index (χ4v) is 2.20. The second kappa shape index (κ2) is 5.24. The molecule has 0 saturated heterocycles. The minimum Gasteiger partial charge on any atom is -0.285 e. The van der Waals surface area contributed by atoms with Crippen LogP contribution in [0.15, 0.2) is 0 Å². The van der Waals surface area contributed by atoms with Crippen molar-refractivity contribution < 1.29 is 0 Å². The van der Waals surface area contributed by atoms with Crippen molar-refractivity contribution in [2.24, 2.45) is 0 Å². The van der Waals surface area contributed by atoms with Gasteiger partial charge in [-0.1, -0.05) is 19.8 Å². The van der Waals surface area contributed by atoms with Crippen molar-refractivity contribution in [3.8, 4) is 6.07 Å². The van der Waals surface area contributed by atoms with E-state index in [1.54, 1.807) is 0 Å². The summed E-state index contributed by atoms with van der Waals surface area (Å²) in [4.78, 5) is 2.38. The molecule has 13 heavy (non-hydrogen) atoms. The van der Waals surface area contributed by atoms with Gasteiger partial charge in [0, 0.05) is 12.1 Å². The minimum absolute atomic E-state index is 0.572. The lowest BCUT2D eigenvalue weighted by Crippen LogP contribution is -2.40. The molecule has 1 atom stereocenters. The molecule has 0 aliphatic heterocycles. The monoisotopic (exact) mass is 180 g/mol. The fourth-order valence-electron chi connectivity index (χ4n) is 2.20. The van der Waals surface area contributed by atoms with Crippen molar-refractivity contribution >= 4 is 0 Å². The summed E-state index contributed by atoms with van der Waals surface area (Å²) < 4.78 is 0. The molecule has 0 aromatic carbocycles. The van der Waals surface area contributed by atoms with Gasteiger partial charge in [0.15, 0.2) is 0 Å². The molecule has 1 aliphatic carbocycles. The largest absolute Gasteiger partial charge is 0.285 e. The van der Waals surface area contributed by atoms with E-state index in [4.69, 9.17) is 5.26 Å².